The van der Waals surface area contributed by atoms with Crippen LogP contribution in [0.5, 0.6) is 0 Å². The molecule has 0 aliphatic carbocycles. The first-order valence-electron chi connectivity index (χ1n) is 12.3. The second-order valence-electron chi connectivity index (χ2n) is 10.7. The van der Waals surface area contributed by atoms with Gasteiger partial charge in [0.15, 0.2) is 0 Å². The van der Waals surface area contributed by atoms with Crippen molar-refractivity contribution in [2.24, 2.45) is 5.41 Å². The second kappa shape index (κ2) is 8.84. The number of rotatable bonds is 6. The summed E-state index contributed by atoms with van der Waals surface area (Å²) in [5.41, 5.74) is 1.82. The fourth-order valence-electron chi connectivity index (χ4n) is 5.62. The first-order valence-corrected chi connectivity index (χ1v) is 12.3. The molecule has 8 nitrogen and oxygen atoms in total. The topological polar surface area (TPSA) is 104 Å². The maximum Gasteiger partial charge on any atom is 0.230 e. The number of aromatic nitrogens is 3. The van der Waals surface area contributed by atoms with Crippen LogP contribution in [-0.2, 0) is 10.4 Å². The van der Waals surface area contributed by atoms with Crippen molar-refractivity contribution in [3.05, 3.63) is 65.3 Å². The van der Waals surface area contributed by atoms with Crippen molar-refractivity contribution in [2.75, 3.05) is 26.7 Å². The lowest BCUT2D eigenvalue weighted by Gasteiger charge is -2.55. The molecule has 4 heterocycles. The molecule has 35 heavy (non-hydrogen) atoms. The van der Waals surface area contributed by atoms with E-state index < -0.39 is 5.60 Å². The summed E-state index contributed by atoms with van der Waals surface area (Å²) in [5, 5.41) is 19.4. The quantitative estimate of drug-likeness (QED) is 0.563. The van der Waals surface area contributed by atoms with E-state index in [-0.39, 0.29) is 17.2 Å². The molecule has 3 aromatic rings. The second-order valence-corrected chi connectivity index (χ2v) is 10.7. The van der Waals surface area contributed by atoms with E-state index in [1.807, 2.05) is 18.2 Å². The van der Waals surface area contributed by atoms with E-state index in [1.54, 1.807) is 12.4 Å². The van der Waals surface area contributed by atoms with Crippen molar-refractivity contribution in [3.8, 4) is 11.4 Å². The number of hydrogen-bond donors (Lipinski definition) is 2. The molecule has 5 rings (SSSR count). The van der Waals surface area contributed by atoms with Crippen molar-refractivity contribution in [1.82, 2.24) is 25.3 Å². The Kier molecular flexibility index (Phi) is 5.97. The molecule has 0 radical (unpaired) electrons. The highest BCUT2D eigenvalue weighted by Crippen LogP contribution is 2.50. The number of piperidine rings is 1. The standard InChI is InChI=1S/C27H33N5O3/c1-17(2)18-5-7-21(8-6-18)27(34,26(3)15-32(4)16-26)22-11-20(13-28-14-22)24-30-25(35-31-24)19-9-10-29-23(33)12-19/h5-8,11,13-14,17,19,34H,9-10,12,15-16H2,1-4H3,(H,29,33). The van der Waals surface area contributed by atoms with Crippen molar-refractivity contribution in [3.63, 3.8) is 0 Å². The van der Waals surface area contributed by atoms with E-state index >= 15 is 0 Å². The molecule has 8 heteroatoms. The van der Waals surface area contributed by atoms with Crippen LogP contribution in [0.25, 0.3) is 11.4 Å². The van der Waals surface area contributed by atoms with Gasteiger partial charge in [-0.1, -0.05) is 50.2 Å². The molecule has 2 atom stereocenters. The number of carbonyl (C=O) groups excluding carboxylic acids is 1. The highest BCUT2D eigenvalue weighted by Gasteiger charge is 2.55. The molecule has 2 aromatic heterocycles. The summed E-state index contributed by atoms with van der Waals surface area (Å²) in [6.45, 7) is 8.57. The fraction of sp³-hybridized carbons (Fsp3) is 0.481. The molecule has 0 saturated carbocycles. The molecule has 184 valence electrons. The van der Waals surface area contributed by atoms with Gasteiger partial charge < -0.3 is 19.8 Å². The summed E-state index contributed by atoms with van der Waals surface area (Å²) in [6.07, 6.45) is 4.53. The third-order valence-electron chi connectivity index (χ3n) is 7.56. The first kappa shape index (κ1) is 23.6. The summed E-state index contributed by atoms with van der Waals surface area (Å²) in [6, 6.07) is 10.2. The predicted molar refractivity (Wildman–Crippen MR) is 132 cm³/mol. The Morgan fingerprint density at radius 1 is 1.20 bits per heavy atom. The Morgan fingerprint density at radius 3 is 2.60 bits per heavy atom. The normalized spacial score (nSPS) is 21.9. The van der Waals surface area contributed by atoms with Crippen LogP contribution in [0.3, 0.4) is 0 Å². The van der Waals surface area contributed by atoms with Crippen LogP contribution >= 0.6 is 0 Å². The van der Waals surface area contributed by atoms with Crippen LogP contribution in [0.15, 0.2) is 47.2 Å². The minimum absolute atomic E-state index is 0.00285. The SMILES string of the molecule is CC(C)c1ccc(C(O)(c2cncc(-c3noc(C4CCNC(=O)C4)n3)c2)C2(C)CN(C)C2)cc1. The predicted octanol–water partition coefficient (Wildman–Crippen LogP) is 3.44. The van der Waals surface area contributed by atoms with E-state index in [9.17, 15) is 9.90 Å². The molecule has 0 spiro atoms. The maximum atomic E-state index is 12.4. The molecule has 2 saturated heterocycles. The molecule has 2 fully saturated rings. The average Bonchev–Trinajstić information content (AvgIpc) is 3.33. The summed E-state index contributed by atoms with van der Waals surface area (Å²) >= 11 is 0. The molecular weight excluding hydrogens is 442 g/mol. The number of pyridine rings is 1. The molecule has 1 aromatic carbocycles. The van der Waals surface area contributed by atoms with Gasteiger partial charge in [-0.05, 0) is 36.6 Å². The monoisotopic (exact) mass is 475 g/mol. The van der Waals surface area contributed by atoms with Gasteiger partial charge in [0.1, 0.15) is 5.60 Å². The first-order chi connectivity index (χ1) is 16.7. The van der Waals surface area contributed by atoms with Crippen molar-refractivity contribution >= 4 is 5.91 Å². The third kappa shape index (κ3) is 4.15. The van der Waals surface area contributed by atoms with Gasteiger partial charge in [-0.25, -0.2) is 0 Å². The van der Waals surface area contributed by atoms with E-state index in [4.69, 9.17) is 4.52 Å². The Labute approximate surface area is 205 Å². The van der Waals surface area contributed by atoms with Gasteiger partial charge in [0.05, 0.1) is 0 Å². The molecule has 2 aliphatic heterocycles. The maximum absolute atomic E-state index is 12.4. The number of nitrogens with zero attached hydrogens (tertiary/aromatic N) is 4. The van der Waals surface area contributed by atoms with Crippen LogP contribution in [-0.4, -0.2) is 57.7 Å². The van der Waals surface area contributed by atoms with Crippen LogP contribution in [0.2, 0.25) is 0 Å². The number of likely N-dealkylation sites (tertiary alicyclic amines) is 1. The minimum atomic E-state index is -1.24. The lowest BCUT2D eigenvalue weighted by molar-refractivity contribution is -0.127. The van der Waals surface area contributed by atoms with Crippen LogP contribution in [0.1, 0.15) is 68.0 Å². The van der Waals surface area contributed by atoms with Gasteiger partial charge >= 0.3 is 0 Å². The van der Waals surface area contributed by atoms with Gasteiger partial charge in [0, 0.05) is 60.9 Å². The third-order valence-corrected chi connectivity index (χ3v) is 7.56. The highest BCUT2D eigenvalue weighted by atomic mass is 16.5. The van der Waals surface area contributed by atoms with E-state index in [2.05, 4.69) is 65.3 Å². The zero-order chi connectivity index (χ0) is 24.8. The van der Waals surface area contributed by atoms with Crippen molar-refractivity contribution in [2.45, 2.75) is 51.0 Å². The van der Waals surface area contributed by atoms with E-state index in [1.165, 1.54) is 5.56 Å². The number of carbonyl (C=O) groups is 1. The van der Waals surface area contributed by atoms with Crippen LogP contribution in [0, 0.1) is 5.41 Å². The lowest BCUT2D eigenvalue weighted by atomic mass is 9.62. The zero-order valence-corrected chi connectivity index (χ0v) is 20.8. The molecular formula is C27H33N5O3. The Hall–Kier alpha value is -3.10. The smallest absolute Gasteiger partial charge is 0.230 e. The zero-order valence-electron chi connectivity index (χ0n) is 20.8. The molecule has 2 N–H and O–H groups in total. The molecule has 2 aliphatic rings. The van der Waals surface area contributed by atoms with Crippen molar-refractivity contribution in [1.29, 1.82) is 0 Å². The van der Waals surface area contributed by atoms with Gasteiger partial charge in [0.25, 0.3) is 0 Å². The summed E-state index contributed by atoms with van der Waals surface area (Å²) in [7, 11) is 2.06. The number of amides is 1. The largest absolute Gasteiger partial charge is 0.380 e. The van der Waals surface area contributed by atoms with E-state index in [0.29, 0.717) is 41.7 Å². The number of nitrogens with one attached hydrogen (secondary N) is 1. The number of aliphatic hydroxyl groups is 1. The molecule has 1 amide bonds. The molecule has 0 bridgehead atoms. The highest BCUT2D eigenvalue weighted by molar-refractivity contribution is 5.77. The van der Waals surface area contributed by atoms with Gasteiger partial charge in [-0.3, -0.25) is 9.78 Å². The van der Waals surface area contributed by atoms with Crippen LogP contribution < -0.4 is 5.32 Å². The van der Waals surface area contributed by atoms with Crippen molar-refractivity contribution < 1.29 is 14.4 Å². The number of hydrogen-bond acceptors (Lipinski definition) is 7. The van der Waals surface area contributed by atoms with Gasteiger partial charge in [0.2, 0.25) is 17.6 Å². The summed E-state index contributed by atoms with van der Waals surface area (Å²) < 4.78 is 5.53. The Morgan fingerprint density at radius 2 is 1.94 bits per heavy atom. The minimum Gasteiger partial charge on any atom is -0.380 e. The van der Waals surface area contributed by atoms with Crippen LogP contribution in [0.4, 0.5) is 0 Å². The lowest BCUT2D eigenvalue weighted by Crippen LogP contribution is -2.63. The summed E-state index contributed by atoms with van der Waals surface area (Å²) in [4.78, 5) is 23.0. The molecule has 2 unspecified atom stereocenters. The summed E-state index contributed by atoms with van der Waals surface area (Å²) in [5.74, 6) is 1.20. The Bertz CT molecular complexity index is 1220. The fourth-order valence-corrected chi connectivity index (χ4v) is 5.62. The number of benzene rings is 1. The van der Waals surface area contributed by atoms with Gasteiger partial charge in [-0.2, -0.15) is 4.98 Å². The Balaban J connectivity index is 1.52. The van der Waals surface area contributed by atoms with Gasteiger partial charge in [-0.15, -0.1) is 0 Å². The van der Waals surface area contributed by atoms with E-state index in [0.717, 1.165) is 25.1 Å². The average molecular weight is 476 g/mol.